The summed E-state index contributed by atoms with van der Waals surface area (Å²) >= 11 is 6.39. The molecule has 0 radical (unpaired) electrons. The number of rotatable bonds is 7. The Labute approximate surface area is 272 Å². The lowest BCUT2D eigenvalue weighted by molar-refractivity contribution is -0.159. The lowest BCUT2D eigenvalue weighted by Crippen LogP contribution is -2.42. The van der Waals surface area contributed by atoms with Crippen molar-refractivity contribution >= 4 is 62.4 Å². The van der Waals surface area contributed by atoms with Crippen LogP contribution in [-0.4, -0.2) is 54.1 Å². The number of hydrogen-bond donors (Lipinski definition) is 3. The van der Waals surface area contributed by atoms with Crippen LogP contribution in [0.15, 0.2) is 54.7 Å². The summed E-state index contributed by atoms with van der Waals surface area (Å²) in [6.45, 7) is 11.5. The lowest BCUT2D eigenvalue weighted by Gasteiger charge is -2.28. The zero-order chi connectivity index (χ0) is 32.9. The Morgan fingerprint density at radius 1 is 1.13 bits per heavy atom. The number of benzene rings is 1. The minimum atomic E-state index is -1.72. The van der Waals surface area contributed by atoms with Gasteiger partial charge < -0.3 is 24.2 Å². The van der Waals surface area contributed by atoms with E-state index in [1.54, 1.807) is 27.0 Å². The smallest absolute Gasteiger partial charge is 0.422 e. The molecule has 2 amide bonds. The van der Waals surface area contributed by atoms with E-state index >= 15 is 0 Å². The first-order valence-electron chi connectivity index (χ1n) is 13.9. The highest BCUT2D eigenvalue weighted by Crippen LogP contribution is 2.43. The van der Waals surface area contributed by atoms with Gasteiger partial charge >= 0.3 is 12.2 Å². The first-order chi connectivity index (χ1) is 21.0. The molecule has 14 heteroatoms. The number of carbonyl (C=O) groups is 2. The van der Waals surface area contributed by atoms with Gasteiger partial charge in [0.2, 0.25) is 0 Å². The number of nitrogens with zero attached hydrogens (tertiary/aromatic N) is 3. The number of ether oxygens (including phenoxy) is 2. The third-order valence-electron chi connectivity index (χ3n) is 7.19. The SMILES string of the molecule is CC1(C)OCC(C)(c2ccnc(-c3cccc4cc(C(N[S@@+]([O-])C(C)(C)C)c5nc(N(C(=O)O)C(=O)O)ccc5Cl)sc34)c2)O1. The first kappa shape index (κ1) is 33.1. The van der Waals surface area contributed by atoms with Gasteiger partial charge in [-0.2, -0.15) is 4.90 Å². The van der Waals surface area contributed by atoms with E-state index in [4.69, 9.17) is 21.1 Å². The quantitative estimate of drug-likeness (QED) is 0.170. The number of pyridine rings is 2. The molecule has 1 fully saturated rings. The molecule has 11 nitrogen and oxygen atoms in total. The predicted octanol–water partition coefficient (Wildman–Crippen LogP) is 7.31. The van der Waals surface area contributed by atoms with Crippen molar-refractivity contribution in [2.75, 3.05) is 11.5 Å². The molecule has 238 valence electrons. The van der Waals surface area contributed by atoms with E-state index in [1.807, 2.05) is 57.2 Å². The van der Waals surface area contributed by atoms with Gasteiger partial charge in [0.25, 0.3) is 0 Å². The topological polar surface area (TPSA) is 157 Å². The van der Waals surface area contributed by atoms with Gasteiger partial charge in [0.1, 0.15) is 22.2 Å². The maximum atomic E-state index is 13.4. The molecule has 3 N–H and O–H groups in total. The number of thiophene rings is 1. The summed E-state index contributed by atoms with van der Waals surface area (Å²) < 4.78 is 28.8. The molecule has 4 heterocycles. The van der Waals surface area contributed by atoms with E-state index < -0.39 is 45.7 Å². The van der Waals surface area contributed by atoms with Crippen LogP contribution in [0.3, 0.4) is 0 Å². The van der Waals surface area contributed by atoms with Gasteiger partial charge in [-0.15, -0.1) is 16.1 Å². The van der Waals surface area contributed by atoms with Crippen molar-refractivity contribution in [2.45, 2.75) is 63.7 Å². The standard InChI is InChI=1S/C31H33ClN4O7S2/c1-29(2,3)45(41)35-25(24-20(32)10-11-23(34-24)36(27(37)38)28(39)40)22-14-17-8-7-9-19(26(17)44-22)21-15-18(12-13-33-21)31(6)16-42-30(4,5)43-31/h7-15,25,35H,16H2,1-6H3,(H,37,38)(H,39,40)/t25?,31?,45-/m0/s1. The summed E-state index contributed by atoms with van der Waals surface area (Å²) in [4.78, 5) is 33.2. The van der Waals surface area contributed by atoms with Crippen LogP contribution < -0.4 is 9.62 Å². The van der Waals surface area contributed by atoms with Crippen LogP contribution in [0.2, 0.25) is 5.02 Å². The Bertz CT molecular complexity index is 1760. The van der Waals surface area contributed by atoms with Crippen molar-refractivity contribution in [3.8, 4) is 11.3 Å². The molecule has 1 aliphatic heterocycles. The van der Waals surface area contributed by atoms with Crippen molar-refractivity contribution in [3.05, 3.63) is 75.9 Å². The van der Waals surface area contributed by atoms with Gasteiger partial charge in [0, 0.05) is 32.7 Å². The zero-order valence-corrected chi connectivity index (χ0v) is 27.8. The molecule has 0 bridgehead atoms. The fourth-order valence-corrected chi connectivity index (χ4v) is 7.31. The lowest BCUT2D eigenvalue weighted by atomic mass is 9.96. The molecule has 5 rings (SSSR count). The molecule has 3 atom stereocenters. The normalized spacial score (nSPS) is 19.4. The third-order valence-corrected chi connectivity index (χ3v) is 10.3. The molecule has 1 saturated heterocycles. The number of halogens is 1. The Morgan fingerprint density at radius 3 is 2.47 bits per heavy atom. The Morgan fingerprint density at radius 2 is 1.84 bits per heavy atom. The van der Waals surface area contributed by atoms with Crippen molar-refractivity contribution in [3.63, 3.8) is 0 Å². The second-order valence-corrected chi connectivity index (χ2v) is 15.7. The molecule has 2 unspecified atom stereocenters. The highest BCUT2D eigenvalue weighted by atomic mass is 35.5. The summed E-state index contributed by atoms with van der Waals surface area (Å²) in [5.74, 6) is -1.07. The molecule has 3 aromatic heterocycles. The Kier molecular flexibility index (Phi) is 8.92. The van der Waals surface area contributed by atoms with Gasteiger partial charge in [-0.25, -0.2) is 14.6 Å². The maximum absolute atomic E-state index is 13.4. The number of aromatic nitrogens is 2. The van der Waals surface area contributed by atoms with Gasteiger partial charge in [0.05, 0.1) is 23.0 Å². The fraction of sp³-hybridized carbons (Fsp3) is 0.355. The van der Waals surface area contributed by atoms with Crippen molar-refractivity contribution in [2.24, 2.45) is 0 Å². The van der Waals surface area contributed by atoms with E-state index in [2.05, 4.69) is 14.7 Å². The summed E-state index contributed by atoms with van der Waals surface area (Å²) in [6.07, 6.45) is -1.71. The van der Waals surface area contributed by atoms with Crippen molar-refractivity contribution in [1.82, 2.24) is 14.7 Å². The van der Waals surface area contributed by atoms with E-state index in [0.29, 0.717) is 11.5 Å². The third kappa shape index (κ3) is 6.80. The average Bonchev–Trinajstić information content (AvgIpc) is 3.52. The van der Waals surface area contributed by atoms with Gasteiger partial charge in [-0.05, 0) is 82.8 Å². The number of carboxylic acid groups (broad SMARTS) is 2. The fourth-order valence-electron chi connectivity index (χ4n) is 4.97. The predicted molar refractivity (Wildman–Crippen MR) is 174 cm³/mol. The monoisotopic (exact) mass is 672 g/mol. The van der Waals surface area contributed by atoms with Crippen LogP contribution in [0.4, 0.5) is 15.4 Å². The van der Waals surface area contributed by atoms with Gasteiger partial charge in [0.15, 0.2) is 5.79 Å². The van der Waals surface area contributed by atoms with Crippen LogP contribution >= 0.6 is 22.9 Å². The molecular formula is C31H33ClN4O7S2. The highest BCUT2D eigenvalue weighted by molar-refractivity contribution is 7.90. The summed E-state index contributed by atoms with van der Waals surface area (Å²) in [5, 5.41) is 20.1. The number of hydrogen-bond acceptors (Lipinski definition) is 9. The molecule has 1 aliphatic rings. The van der Waals surface area contributed by atoms with E-state index in [1.165, 1.54) is 23.5 Å². The first-order valence-corrected chi connectivity index (χ1v) is 16.3. The molecular weight excluding hydrogens is 640 g/mol. The van der Waals surface area contributed by atoms with E-state index in [0.717, 1.165) is 26.9 Å². The second kappa shape index (κ2) is 12.1. The van der Waals surface area contributed by atoms with E-state index in [-0.39, 0.29) is 21.4 Å². The second-order valence-electron chi connectivity index (χ2n) is 12.2. The summed E-state index contributed by atoms with van der Waals surface area (Å²) in [7, 11) is 0. The maximum Gasteiger partial charge on any atom is 0.422 e. The minimum Gasteiger partial charge on any atom is -0.598 e. The largest absolute Gasteiger partial charge is 0.598 e. The highest BCUT2D eigenvalue weighted by Gasteiger charge is 2.43. The Hall–Kier alpha value is -3.30. The number of nitrogens with one attached hydrogen (secondary N) is 1. The number of fused-ring (bicyclic) bond motifs is 1. The summed E-state index contributed by atoms with van der Waals surface area (Å²) in [5.41, 5.74) is 1.97. The molecule has 45 heavy (non-hydrogen) atoms. The Balaban J connectivity index is 1.63. The number of anilines is 1. The van der Waals surface area contributed by atoms with Crippen molar-refractivity contribution in [1.29, 1.82) is 0 Å². The van der Waals surface area contributed by atoms with Gasteiger partial charge in [-0.1, -0.05) is 29.8 Å². The van der Waals surface area contributed by atoms with Crippen LogP contribution in [0.5, 0.6) is 0 Å². The molecule has 4 aromatic rings. The average molecular weight is 673 g/mol. The van der Waals surface area contributed by atoms with Gasteiger partial charge in [-0.3, -0.25) is 4.98 Å². The van der Waals surface area contributed by atoms with Crippen LogP contribution in [-0.2, 0) is 26.4 Å². The van der Waals surface area contributed by atoms with Crippen LogP contribution in [0.25, 0.3) is 21.3 Å². The van der Waals surface area contributed by atoms with Crippen LogP contribution in [0.1, 0.15) is 63.7 Å². The summed E-state index contributed by atoms with van der Waals surface area (Å²) in [6, 6.07) is 13.3. The number of imide groups is 1. The molecule has 0 aliphatic carbocycles. The molecule has 1 aromatic carbocycles. The molecule has 0 spiro atoms. The van der Waals surface area contributed by atoms with E-state index in [9.17, 15) is 24.4 Å². The van der Waals surface area contributed by atoms with Crippen LogP contribution in [0, 0.1) is 0 Å². The zero-order valence-electron chi connectivity index (χ0n) is 25.5. The number of amides is 2. The van der Waals surface area contributed by atoms with Crippen molar-refractivity contribution < 1.29 is 33.8 Å². The molecule has 0 saturated carbocycles. The minimum absolute atomic E-state index is 0.0972.